The van der Waals surface area contributed by atoms with Crippen molar-refractivity contribution in [2.75, 3.05) is 32.8 Å². The van der Waals surface area contributed by atoms with Gasteiger partial charge in [0.1, 0.15) is 0 Å². The maximum Gasteiger partial charge on any atom is 0.0615 e. The first-order chi connectivity index (χ1) is 8.18. The fraction of sp³-hybridized carbons (Fsp3) is 1.00. The molecule has 0 aromatic carbocycles. The van der Waals surface area contributed by atoms with E-state index >= 15 is 0 Å². The predicted octanol–water partition coefficient (Wildman–Crippen LogP) is 1.47. The fourth-order valence-electron chi connectivity index (χ4n) is 3.62. The zero-order chi connectivity index (χ0) is 12.3. The highest BCUT2D eigenvalue weighted by Gasteiger charge is 2.41. The topological polar surface area (TPSA) is 35.5 Å². The Labute approximate surface area is 106 Å². The van der Waals surface area contributed by atoms with Crippen molar-refractivity contribution >= 4 is 0 Å². The van der Waals surface area contributed by atoms with Gasteiger partial charge in [0.15, 0.2) is 0 Å². The van der Waals surface area contributed by atoms with Crippen LogP contribution in [0.5, 0.6) is 0 Å². The molecule has 2 rings (SSSR count). The molecular formula is C14H28N2O. The first-order valence-corrected chi connectivity index (χ1v) is 7.24. The predicted molar refractivity (Wildman–Crippen MR) is 71.1 cm³/mol. The minimum atomic E-state index is 0.0925. The van der Waals surface area contributed by atoms with Gasteiger partial charge < -0.3 is 10.4 Å². The molecule has 1 aliphatic heterocycles. The van der Waals surface area contributed by atoms with E-state index in [-0.39, 0.29) is 5.54 Å². The van der Waals surface area contributed by atoms with E-state index in [1.807, 2.05) is 0 Å². The van der Waals surface area contributed by atoms with E-state index in [1.165, 1.54) is 25.7 Å². The largest absolute Gasteiger partial charge is 0.394 e. The van der Waals surface area contributed by atoms with Crippen molar-refractivity contribution < 1.29 is 5.11 Å². The summed E-state index contributed by atoms with van der Waals surface area (Å²) in [4.78, 5) is 2.55. The third-order valence-electron chi connectivity index (χ3n) is 4.88. The summed E-state index contributed by atoms with van der Waals surface area (Å²) in [7, 11) is 0. The molecular weight excluding hydrogens is 212 g/mol. The Kier molecular flexibility index (Phi) is 4.45. The maximum absolute atomic E-state index is 9.93. The van der Waals surface area contributed by atoms with E-state index < -0.39 is 0 Å². The summed E-state index contributed by atoms with van der Waals surface area (Å²) >= 11 is 0. The van der Waals surface area contributed by atoms with Gasteiger partial charge in [-0.15, -0.1) is 0 Å². The van der Waals surface area contributed by atoms with Gasteiger partial charge in [-0.25, -0.2) is 0 Å². The number of aliphatic hydroxyl groups excluding tert-OH is 1. The van der Waals surface area contributed by atoms with Gasteiger partial charge in [0, 0.05) is 31.7 Å². The van der Waals surface area contributed by atoms with Crippen molar-refractivity contribution in [1.82, 2.24) is 10.2 Å². The van der Waals surface area contributed by atoms with Crippen LogP contribution in [0, 0.1) is 11.8 Å². The third kappa shape index (κ3) is 2.83. The molecule has 3 nitrogen and oxygen atoms in total. The van der Waals surface area contributed by atoms with Crippen LogP contribution < -0.4 is 5.32 Å². The molecule has 0 aromatic heterocycles. The standard InChI is InChI=1S/C14H28N2O/c1-12(2)13-4-3-5-14(10-13,11-17)16-8-6-15-7-9-16/h12-13,15,17H,3-11H2,1-2H3. The highest BCUT2D eigenvalue weighted by Crippen LogP contribution is 2.39. The SMILES string of the molecule is CC(C)C1CCCC(CO)(N2CCNCC2)C1. The summed E-state index contributed by atoms with van der Waals surface area (Å²) in [5.74, 6) is 1.55. The van der Waals surface area contributed by atoms with Crippen molar-refractivity contribution in [2.45, 2.75) is 45.1 Å². The van der Waals surface area contributed by atoms with Crippen LogP contribution in [0.15, 0.2) is 0 Å². The zero-order valence-electron chi connectivity index (χ0n) is 11.4. The molecule has 17 heavy (non-hydrogen) atoms. The summed E-state index contributed by atoms with van der Waals surface area (Å²) in [6.45, 7) is 9.36. The molecule has 100 valence electrons. The molecule has 2 unspecified atom stereocenters. The molecule has 1 heterocycles. The van der Waals surface area contributed by atoms with E-state index in [1.54, 1.807) is 0 Å². The molecule has 0 spiro atoms. The van der Waals surface area contributed by atoms with Gasteiger partial charge in [-0.2, -0.15) is 0 Å². The number of aliphatic hydroxyl groups is 1. The normalized spacial score (nSPS) is 36.4. The van der Waals surface area contributed by atoms with Crippen LogP contribution in [0.3, 0.4) is 0 Å². The van der Waals surface area contributed by atoms with Crippen molar-refractivity contribution in [3.05, 3.63) is 0 Å². The monoisotopic (exact) mass is 240 g/mol. The quantitative estimate of drug-likeness (QED) is 0.784. The van der Waals surface area contributed by atoms with E-state index in [4.69, 9.17) is 0 Å². The molecule has 2 atom stereocenters. The molecule has 0 aromatic rings. The summed E-state index contributed by atoms with van der Waals surface area (Å²) < 4.78 is 0. The van der Waals surface area contributed by atoms with Crippen molar-refractivity contribution in [3.63, 3.8) is 0 Å². The van der Waals surface area contributed by atoms with Gasteiger partial charge >= 0.3 is 0 Å². The van der Waals surface area contributed by atoms with Crippen LogP contribution in [-0.4, -0.2) is 48.3 Å². The Morgan fingerprint density at radius 1 is 1.35 bits per heavy atom. The van der Waals surface area contributed by atoms with Crippen LogP contribution in [0.2, 0.25) is 0 Å². The lowest BCUT2D eigenvalue weighted by atomic mass is 9.71. The minimum Gasteiger partial charge on any atom is -0.394 e. The van der Waals surface area contributed by atoms with Crippen LogP contribution in [0.4, 0.5) is 0 Å². The van der Waals surface area contributed by atoms with Gasteiger partial charge in [0.2, 0.25) is 0 Å². The second kappa shape index (κ2) is 5.68. The van der Waals surface area contributed by atoms with Gasteiger partial charge in [-0.1, -0.05) is 26.7 Å². The first kappa shape index (κ1) is 13.3. The molecule has 2 fully saturated rings. The molecule has 1 saturated heterocycles. The highest BCUT2D eigenvalue weighted by atomic mass is 16.3. The summed E-state index contributed by atoms with van der Waals surface area (Å²) in [5.41, 5.74) is 0.0925. The Morgan fingerprint density at radius 3 is 2.65 bits per heavy atom. The lowest BCUT2D eigenvalue weighted by molar-refractivity contribution is -0.0280. The fourth-order valence-corrected chi connectivity index (χ4v) is 3.62. The van der Waals surface area contributed by atoms with Gasteiger partial charge in [0.25, 0.3) is 0 Å². The van der Waals surface area contributed by atoms with Crippen LogP contribution >= 0.6 is 0 Å². The summed E-state index contributed by atoms with van der Waals surface area (Å²) in [5, 5.41) is 13.3. The lowest BCUT2D eigenvalue weighted by Crippen LogP contribution is -2.60. The second-order valence-electron chi connectivity index (χ2n) is 6.22. The number of piperazine rings is 1. The molecule has 0 bridgehead atoms. The Balaban J connectivity index is 2.06. The Bertz CT molecular complexity index is 238. The number of hydrogen-bond donors (Lipinski definition) is 2. The van der Waals surface area contributed by atoms with Gasteiger partial charge in [-0.3, -0.25) is 4.90 Å². The van der Waals surface area contributed by atoms with Gasteiger partial charge in [0.05, 0.1) is 6.61 Å². The molecule has 3 heteroatoms. The van der Waals surface area contributed by atoms with E-state index in [0.717, 1.165) is 38.0 Å². The summed E-state index contributed by atoms with van der Waals surface area (Å²) in [6.07, 6.45) is 5.02. The molecule has 1 saturated carbocycles. The van der Waals surface area contributed by atoms with E-state index in [9.17, 15) is 5.11 Å². The minimum absolute atomic E-state index is 0.0925. The molecule has 2 N–H and O–H groups in total. The molecule has 0 amide bonds. The maximum atomic E-state index is 9.93. The smallest absolute Gasteiger partial charge is 0.0615 e. The summed E-state index contributed by atoms with van der Waals surface area (Å²) in [6, 6.07) is 0. The van der Waals surface area contributed by atoms with Crippen molar-refractivity contribution in [2.24, 2.45) is 11.8 Å². The Morgan fingerprint density at radius 2 is 2.06 bits per heavy atom. The van der Waals surface area contributed by atoms with E-state index in [2.05, 4.69) is 24.1 Å². The number of nitrogens with zero attached hydrogens (tertiary/aromatic N) is 1. The van der Waals surface area contributed by atoms with Crippen molar-refractivity contribution in [3.8, 4) is 0 Å². The average Bonchev–Trinajstić information content (AvgIpc) is 2.39. The van der Waals surface area contributed by atoms with Crippen LogP contribution in [0.1, 0.15) is 39.5 Å². The number of hydrogen-bond acceptors (Lipinski definition) is 3. The van der Waals surface area contributed by atoms with Gasteiger partial charge in [-0.05, 0) is 24.7 Å². The number of rotatable bonds is 3. The highest BCUT2D eigenvalue weighted by molar-refractivity contribution is 4.97. The van der Waals surface area contributed by atoms with Crippen LogP contribution in [0.25, 0.3) is 0 Å². The van der Waals surface area contributed by atoms with Crippen molar-refractivity contribution in [1.29, 1.82) is 0 Å². The Hall–Kier alpha value is -0.120. The number of nitrogens with one attached hydrogen (secondary N) is 1. The second-order valence-corrected chi connectivity index (χ2v) is 6.22. The van der Waals surface area contributed by atoms with E-state index in [0.29, 0.717) is 6.61 Å². The lowest BCUT2D eigenvalue weighted by Gasteiger charge is -2.50. The first-order valence-electron chi connectivity index (χ1n) is 7.24. The average molecular weight is 240 g/mol. The molecule has 1 aliphatic carbocycles. The molecule has 0 radical (unpaired) electrons. The third-order valence-corrected chi connectivity index (χ3v) is 4.88. The zero-order valence-corrected chi connectivity index (χ0v) is 11.4. The van der Waals surface area contributed by atoms with Crippen LogP contribution in [-0.2, 0) is 0 Å². The molecule has 2 aliphatic rings.